The number of phenolic OH excluding ortho intramolecular Hbond substituents is 1. The first-order valence-electron chi connectivity index (χ1n) is 9.03. The van der Waals surface area contributed by atoms with Crippen LogP contribution in [-0.4, -0.2) is 48.5 Å². The highest BCUT2D eigenvalue weighted by molar-refractivity contribution is 5.88. The van der Waals surface area contributed by atoms with Gasteiger partial charge < -0.3 is 24.1 Å². The van der Waals surface area contributed by atoms with Gasteiger partial charge in [-0.1, -0.05) is 24.3 Å². The molecule has 0 bridgehead atoms. The number of fused-ring (bicyclic) bond motifs is 1. The number of benzene rings is 2. The highest BCUT2D eigenvalue weighted by atomic mass is 16.5. The Kier molecular flexibility index (Phi) is 4.93. The largest absolute Gasteiger partial charge is 0.504 e. The molecule has 2 aromatic carbocycles. The second-order valence-electron chi connectivity index (χ2n) is 6.69. The summed E-state index contributed by atoms with van der Waals surface area (Å²) in [5.41, 5.74) is 1.20. The van der Waals surface area contributed by atoms with Gasteiger partial charge in [-0.25, -0.2) is 0 Å². The average Bonchev–Trinajstić information content (AvgIpc) is 2.72. The summed E-state index contributed by atoms with van der Waals surface area (Å²) in [5, 5.41) is 20.5. The number of aromatic hydroxyl groups is 2. The van der Waals surface area contributed by atoms with Gasteiger partial charge in [0.1, 0.15) is 0 Å². The molecular weight excluding hydrogens is 362 g/mol. The van der Waals surface area contributed by atoms with Crippen molar-refractivity contribution in [1.82, 2.24) is 4.90 Å². The van der Waals surface area contributed by atoms with Gasteiger partial charge in [0.15, 0.2) is 17.1 Å². The zero-order valence-corrected chi connectivity index (χ0v) is 15.5. The molecule has 3 aromatic rings. The fourth-order valence-electron chi connectivity index (χ4n) is 3.39. The van der Waals surface area contributed by atoms with Crippen LogP contribution in [0.3, 0.4) is 0 Å². The zero-order valence-electron chi connectivity index (χ0n) is 15.5. The highest BCUT2D eigenvalue weighted by Gasteiger charge is 2.20. The maximum atomic E-state index is 12.6. The number of rotatable bonds is 4. The Morgan fingerprint density at radius 1 is 1.07 bits per heavy atom. The number of hydrogen-bond acceptors (Lipinski definition) is 7. The van der Waals surface area contributed by atoms with Crippen molar-refractivity contribution in [3.8, 4) is 28.6 Å². The number of nitrogens with zero attached hydrogens (tertiary/aromatic N) is 1. The molecule has 0 saturated carbocycles. The molecule has 1 aliphatic rings. The molecule has 0 atom stereocenters. The third-order valence-corrected chi connectivity index (χ3v) is 4.90. The third-order valence-electron chi connectivity index (χ3n) is 4.90. The summed E-state index contributed by atoms with van der Waals surface area (Å²) in [4.78, 5) is 14.9. The first-order valence-corrected chi connectivity index (χ1v) is 9.03. The maximum Gasteiger partial charge on any atom is 0.235 e. The summed E-state index contributed by atoms with van der Waals surface area (Å²) in [6, 6.07) is 10.2. The third kappa shape index (κ3) is 3.30. The summed E-state index contributed by atoms with van der Waals surface area (Å²) in [6.45, 7) is 4.07. The van der Waals surface area contributed by atoms with Gasteiger partial charge in [-0.05, 0) is 17.7 Å². The predicted molar refractivity (Wildman–Crippen MR) is 104 cm³/mol. The minimum absolute atomic E-state index is 0.0410. The SMILES string of the molecule is COc1c(O)ccc2c(=O)c(O)c(-c3ccc(CN4CCOCC4)cc3)oc12. The van der Waals surface area contributed by atoms with E-state index in [1.165, 1.54) is 19.2 Å². The second-order valence-corrected chi connectivity index (χ2v) is 6.69. The van der Waals surface area contributed by atoms with Gasteiger partial charge in [-0.2, -0.15) is 0 Å². The van der Waals surface area contributed by atoms with Crippen LogP contribution >= 0.6 is 0 Å². The lowest BCUT2D eigenvalue weighted by Crippen LogP contribution is -2.35. The fraction of sp³-hybridized carbons (Fsp3) is 0.286. The number of hydrogen-bond donors (Lipinski definition) is 2. The fourth-order valence-corrected chi connectivity index (χ4v) is 3.39. The van der Waals surface area contributed by atoms with Crippen LogP contribution < -0.4 is 10.2 Å². The Morgan fingerprint density at radius 2 is 1.79 bits per heavy atom. The van der Waals surface area contributed by atoms with Crippen LogP contribution in [0, 0.1) is 0 Å². The standard InChI is InChI=1S/C21H21NO6/c1-26-21-16(23)7-6-15-17(24)18(25)19(28-20(15)21)14-4-2-13(3-5-14)12-22-8-10-27-11-9-22/h2-7,23,25H,8-12H2,1H3. The van der Waals surface area contributed by atoms with E-state index in [1.54, 1.807) is 12.1 Å². The van der Waals surface area contributed by atoms with Crippen LogP contribution in [-0.2, 0) is 11.3 Å². The van der Waals surface area contributed by atoms with Crippen LogP contribution in [0.2, 0.25) is 0 Å². The van der Waals surface area contributed by atoms with E-state index >= 15 is 0 Å². The molecule has 146 valence electrons. The van der Waals surface area contributed by atoms with Crippen LogP contribution in [0.25, 0.3) is 22.3 Å². The topological polar surface area (TPSA) is 92.4 Å². The summed E-state index contributed by atoms with van der Waals surface area (Å²) in [5.74, 6) is -0.518. The van der Waals surface area contributed by atoms with E-state index in [0.29, 0.717) is 5.56 Å². The number of morpholine rings is 1. The first-order chi connectivity index (χ1) is 13.6. The lowest BCUT2D eigenvalue weighted by molar-refractivity contribution is 0.0342. The van der Waals surface area contributed by atoms with Crippen LogP contribution in [0.15, 0.2) is 45.6 Å². The van der Waals surface area contributed by atoms with Crippen molar-refractivity contribution in [2.24, 2.45) is 0 Å². The smallest absolute Gasteiger partial charge is 0.235 e. The maximum absolute atomic E-state index is 12.6. The monoisotopic (exact) mass is 383 g/mol. The molecule has 7 heteroatoms. The molecule has 1 fully saturated rings. The quantitative estimate of drug-likeness (QED) is 0.716. The van der Waals surface area contributed by atoms with E-state index in [0.717, 1.165) is 38.4 Å². The van der Waals surface area contributed by atoms with Crippen molar-refractivity contribution in [2.75, 3.05) is 33.4 Å². The van der Waals surface area contributed by atoms with Gasteiger partial charge in [0, 0.05) is 25.2 Å². The molecule has 28 heavy (non-hydrogen) atoms. The molecule has 0 aliphatic carbocycles. The number of phenols is 1. The zero-order chi connectivity index (χ0) is 19.7. The molecule has 1 aromatic heterocycles. The summed E-state index contributed by atoms with van der Waals surface area (Å²) in [7, 11) is 1.38. The van der Waals surface area contributed by atoms with Gasteiger partial charge in [0.25, 0.3) is 0 Å². The normalized spacial score (nSPS) is 15.0. The van der Waals surface area contributed by atoms with E-state index < -0.39 is 11.2 Å². The summed E-state index contributed by atoms with van der Waals surface area (Å²) in [6.07, 6.45) is 0. The van der Waals surface area contributed by atoms with E-state index in [1.807, 2.05) is 12.1 Å². The minimum atomic E-state index is -0.577. The van der Waals surface area contributed by atoms with Crippen molar-refractivity contribution < 1.29 is 24.1 Å². The van der Waals surface area contributed by atoms with E-state index in [4.69, 9.17) is 13.9 Å². The lowest BCUT2D eigenvalue weighted by Gasteiger charge is -2.26. The van der Waals surface area contributed by atoms with Gasteiger partial charge in [0.05, 0.1) is 25.7 Å². The lowest BCUT2D eigenvalue weighted by atomic mass is 10.1. The summed E-state index contributed by atoms with van der Waals surface area (Å²) < 4.78 is 16.3. The molecule has 7 nitrogen and oxygen atoms in total. The molecule has 0 unspecified atom stereocenters. The summed E-state index contributed by atoms with van der Waals surface area (Å²) >= 11 is 0. The Morgan fingerprint density at radius 3 is 2.46 bits per heavy atom. The van der Waals surface area contributed by atoms with Crippen molar-refractivity contribution in [1.29, 1.82) is 0 Å². The van der Waals surface area contributed by atoms with Gasteiger partial charge in [-0.3, -0.25) is 9.69 Å². The molecule has 0 amide bonds. The first kappa shape index (κ1) is 18.3. The second kappa shape index (κ2) is 7.53. The molecule has 1 saturated heterocycles. The molecule has 4 rings (SSSR count). The number of ether oxygens (including phenoxy) is 2. The van der Waals surface area contributed by atoms with Gasteiger partial charge in [0.2, 0.25) is 16.9 Å². The van der Waals surface area contributed by atoms with Crippen LogP contribution in [0.5, 0.6) is 17.2 Å². The van der Waals surface area contributed by atoms with Gasteiger partial charge >= 0.3 is 0 Å². The van der Waals surface area contributed by atoms with E-state index in [-0.39, 0.29) is 28.2 Å². The van der Waals surface area contributed by atoms with Crippen molar-refractivity contribution >= 4 is 11.0 Å². The predicted octanol–water partition coefficient (Wildman–Crippen LogP) is 2.71. The van der Waals surface area contributed by atoms with E-state index in [9.17, 15) is 15.0 Å². The molecule has 0 radical (unpaired) electrons. The van der Waals surface area contributed by atoms with Crippen LogP contribution in [0.1, 0.15) is 5.56 Å². The van der Waals surface area contributed by atoms with Crippen molar-refractivity contribution in [2.45, 2.75) is 6.54 Å². The van der Waals surface area contributed by atoms with Crippen molar-refractivity contribution in [3.05, 3.63) is 52.2 Å². The Balaban J connectivity index is 1.72. The van der Waals surface area contributed by atoms with Gasteiger partial charge in [-0.15, -0.1) is 0 Å². The molecule has 0 spiro atoms. The number of methoxy groups -OCH3 is 1. The molecular formula is C21H21NO6. The average molecular weight is 383 g/mol. The molecule has 2 heterocycles. The van der Waals surface area contributed by atoms with Crippen molar-refractivity contribution in [3.63, 3.8) is 0 Å². The highest BCUT2D eigenvalue weighted by Crippen LogP contribution is 2.38. The Hall–Kier alpha value is -3.03. The molecule has 1 aliphatic heterocycles. The van der Waals surface area contributed by atoms with E-state index in [2.05, 4.69) is 4.90 Å². The Bertz CT molecular complexity index is 1050. The Labute approximate surface area is 161 Å². The van der Waals surface area contributed by atoms with Crippen LogP contribution in [0.4, 0.5) is 0 Å². The minimum Gasteiger partial charge on any atom is -0.504 e. The molecule has 2 N–H and O–H groups in total.